The molecule has 0 spiro atoms. The second-order valence-corrected chi connectivity index (χ2v) is 5.95. The van der Waals surface area contributed by atoms with Gasteiger partial charge in [-0.15, -0.1) is 0 Å². The van der Waals surface area contributed by atoms with Gasteiger partial charge < -0.3 is 14.6 Å². The Morgan fingerprint density at radius 1 is 1.19 bits per heavy atom. The second-order valence-electron chi connectivity index (χ2n) is 5.95. The Hall–Kier alpha value is -1.26. The van der Waals surface area contributed by atoms with Gasteiger partial charge in [0, 0.05) is 24.2 Å². The molecule has 1 saturated heterocycles. The molecule has 3 atom stereocenters. The maximum atomic E-state index is 10.7. The van der Waals surface area contributed by atoms with Crippen LogP contribution in [-0.4, -0.2) is 42.9 Å². The highest BCUT2D eigenvalue weighted by atomic mass is 16.5. The van der Waals surface area contributed by atoms with Crippen LogP contribution in [-0.2, 0) is 0 Å². The van der Waals surface area contributed by atoms with Gasteiger partial charge in [-0.05, 0) is 44.9 Å². The lowest BCUT2D eigenvalue weighted by Crippen LogP contribution is -2.45. The van der Waals surface area contributed by atoms with E-state index in [4.69, 9.17) is 9.47 Å². The lowest BCUT2D eigenvalue weighted by molar-refractivity contribution is 0.0401. The Morgan fingerprint density at radius 2 is 1.86 bits per heavy atom. The van der Waals surface area contributed by atoms with E-state index in [1.807, 2.05) is 18.2 Å². The van der Waals surface area contributed by atoms with Crippen molar-refractivity contribution in [3.05, 3.63) is 23.8 Å². The number of aliphatic hydroxyl groups is 1. The maximum absolute atomic E-state index is 10.7. The lowest BCUT2D eigenvalue weighted by Gasteiger charge is -2.40. The molecule has 4 heteroatoms. The molecule has 0 aromatic heterocycles. The van der Waals surface area contributed by atoms with Crippen molar-refractivity contribution >= 4 is 0 Å². The molecule has 1 aromatic carbocycles. The molecule has 0 amide bonds. The van der Waals surface area contributed by atoms with Gasteiger partial charge in [-0.3, -0.25) is 4.90 Å². The summed E-state index contributed by atoms with van der Waals surface area (Å²) in [5.41, 5.74) is 0.793. The minimum absolute atomic E-state index is 0.514. The van der Waals surface area contributed by atoms with Crippen molar-refractivity contribution in [1.29, 1.82) is 0 Å². The first-order chi connectivity index (χ1) is 10.1. The predicted octanol–water partition coefficient (Wildman–Crippen LogP) is 3.00. The van der Waals surface area contributed by atoms with Crippen LogP contribution >= 0.6 is 0 Å². The van der Waals surface area contributed by atoms with E-state index in [1.54, 1.807) is 14.2 Å². The van der Waals surface area contributed by atoms with Gasteiger partial charge in [-0.2, -0.15) is 0 Å². The monoisotopic (exact) mass is 293 g/mol. The zero-order chi connectivity index (χ0) is 15.4. The summed E-state index contributed by atoms with van der Waals surface area (Å²) in [6.07, 6.45) is 3.11. The Bertz CT molecular complexity index is 453. The van der Waals surface area contributed by atoms with Gasteiger partial charge in [0.15, 0.2) is 0 Å². The Kier molecular flexibility index (Phi) is 5.48. The normalized spacial score (nSPS) is 24.6. The van der Waals surface area contributed by atoms with Crippen LogP contribution in [0.3, 0.4) is 0 Å². The number of aliphatic hydroxyl groups excluding tert-OH is 1. The number of benzene rings is 1. The number of ether oxygens (including phenoxy) is 2. The summed E-state index contributed by atoms with van der Waals surface area (Å²) >= 11 is 0. The summed E-state index contributed by atoms with van der Waals surface area (Å²) in [6.45, 7) is 5.11. The van der Waals surface area contributed by atoms with Crippen LogP contribution in [0.1, 0.15) is 44.8 Å². The Morgan fingerprint density at radius 3 is 2.43 bits per heavy atom. The molecule has 0 saturated carbocycles. The summed E-state index contributed by atoms with van der Waals surface area (Å²) in [7, 11) is 3.26. The van der Waals surface area contributed by atoms with Crippen molar-refractivity contribution in [3.63, 3.8) is 0 Å². The van der Waals surface area contributed by atoms with E-state index in [0.717, 1.165) is 11.3 Å². The van der Waals surface area contributed by atoms with Crippen molar-refractivity contribution in [2.24, 2.45) is 0 Å². The molecule has 1 aliphatic rings. The van der Waals surface area contributed by atoms with Gasteiger partial charge in [-0.25, -0.2) is 0 Å². The molecule has 118 valence electrons. The molecular weight excluding hydrogens is 266 g/mol. The van der Waals surface area contributed by atoms with E-state index in [-0.39, 0.29) is 0 Å². The number of hydrogen-bond acceptors (Lipinski definition) is 4. The van der Waals surface area contributed by atoms with Gasteiger partial charge in [0.25, 0.3) is 0 Å². The SMILES string of the molecule is COc1ccc(OC)c(C(O)CN2[C@H](C)CCC[C@@H]2C)c1. The number of β-amino-alcohol motifs (C(OH)–C–C–N with tert-alkyl or cyclic N) is 1. The zero-order valence-electron chi connectivity index (χ0n) is 13.5. The number of hydrogen-bond donors (Lipinski definition) is 1. The largest absolute Gasteiger partial charge is 0.497 e. The molecule has 0 radical (unpaired) electrons. The lowest BCUT2D eigenvalue weighted by atomic mass is 9.96. The fourth-order valence-electron chi connectivity index (χ4n) is 3.23. The molecule has 2 rings (SSSR count). The van der Waals surface area contributed by atoms with E-state index >= 15 is 0 Å². The summed E-state index contributed by atoms with van der Waals surface area (Å²) in [5, 5.41) is 10.7. The number of piperidine rings is 1. The molecule has 1 heterocycles. The molecule has 0 aliphatic carbocycles. The van der Waals surface area contributed by atoms with Crippen molar-refractivity contribution in [2.45, 2.75) is 51.3 Å². The first-order valence-electron chi connectivity index (χ1n) is 7.72. The van der Waals surface area contributed by atoms with Gasteiger partial charge in [0.2, 0.25) is 0 Å². The molecule has 1 unspecified atom stereocenters. The van der Waals surface area contributed by atoms with Crippen LogP contribution in [0, 0.1) is 0 Å². The summed E-state index contributed by atoms with van der Waals surface area (Å²) < 4.78 is 10.6. The average Bonchev–Trinajstić information content (AvgIpc) is 2.50. The summed E-state index contributed by atoms with van der Waals surface area (Å²) in [5.74, 6) is 1.45. The molecule has 4 nitrogen and oxygen atoms in total. The third-order valence-electron chi connectivity index (χ3n) is 4.56. The third-order valence-corrected chi connectivity index (χ3v) is 4.56. The van der Waals surface area contributed by atoms with Crippen molar-refractivity contribution < 1.29 is 14.6 Å². The van der Waals surface area contributed by atoms with Gasteiger partial charge in [0.1, 0.15) is 11.5 Å². The Labute approximate surface area is 127 Å². The van der Waals surface area contributed by atoms with Crippen molar-refractivity contribution in [2.75, 3.05) is 20.8 Å². The summed E-state index contributed by atoms with van der Waals surface area (Å²) in [4.78, 5) is 2.40. The third kappa shape index (κ3) is 3.69. The van der Waals surface area contributed by atoms with E-state index in [0.29, 0.717) is 24.4 Å². The first-order valence-corrected chi connectivity index (χ1v) is 7.72. The topological polar surface area (TPSA) is 41.9 Å². The molecule has 1 fully saturated rings. The maximum Gasteiger partial charge on any atom is 0.124 e. The van der Waals surface area contributed by atoms with E-state index in [9.17, 15) is 5.11 Å². The van der Waals surface area contributed by atoms with Crippen LogP contribution in [0.4, 0.5) is 0 Å². The minimum atomic E-state index is -0.571. The highest BCUT2D eigenvalue weighted by molar-refractivity contribution is 5.41. The highest BCUT2D eigenvalue weighted by Gasteiger charge is 2.27. The van der Waals surface area contributed by atoms with Crippen LogP contribution in [0.15, 0.2) is 18.2 Å². The van der Waals surface area contributed by atoms with Gasteiger partial charge in [0.05, 0.1) is 20.3 Å². The van der Waals surface area contributed by atoms with Crippen molar-refractivity contribution in [1.82, 2.24) is 4.90 Å². The number of methoxy groups -OCH3 is 2. The molecule has 1 aromatic rings. The fourth-order valence-corrected chi connectivity index (χ4v) is 3.23. The smallest absolute Gasteiger partial charge is 0.124 e. The van der Waals surface area contributed by atoms with Crippen LogP contribution in [0.2, 0.25) is 0 Å². The summed E-state index contributed by atoms with van der Waals surface area (Å²) in [6, 6.07) is 6.59. The molecular formula is C17H27NO3. The molecule has 1 N–H and O–H groups in total. The van der Waals surface area contributed by atoms with Gasteiger partial charge in [-0.1, -0.05) is 6.42 Å². The minimum Gasteiger partial charge on any atom is -0.497 e. The number of nitrogens with zero attached hydrogens (tertiary/aromatic N) is 1. The fraction of sp³-hybridized carbons (Fsp3) is 0.647. The van der Waals surface area contributed by atoms with Crippen molar-refractivity contribution in [3.8, 4) is 11.5 Å². The number of likely N-dealkylation sites (tertiary alicyclic amines) is 1. The van der Waals surface area contributed by atoms with Gasteiger partial charge >= 0.3 is 0 Å². The standard InChI is InChI=1S/C17H27NO3/c1-12-6-5-7-13(2)18(12)11-16(19)15-10-14(20-3)8-9-17(15)21-4/h8-10,12-13,16,19H,5-7,11H2,1-4H3/t12-,13+,16?. The quantitative estimate of drug-likeness (QED) is 0.906. The zero-order valence-corrected chi connectivity index (χ0v) is 13.5. The predicted molar refractivity (Wildman–Crippen MR) is 84.0 cm³/mol. The van der Waals surface area contributed by atoms with E-state index in [2.05, 4.69) is 18.7 Å². The molecule has 0 bridgehead atoms. The number of rotatable bonds is 5. The first kappa shape index (κ1) is 16.1. The van der Waals surface area contributed by atoms with Crippen LogP contribution in [0.5, 0.6) is 11.5 Å². The van der Waals surface area contributed by atoms with Crippen LogP contribution < -0.4 is 9.47 Å². The Balaban J connectivity index is 2.17. The van der Waals surface area contributed by atoms with Crippen LogP contribution in [0.25, 0.3) is 0 Å². The molecule has 21 heavy (non-hydrogen) atoms. The average molecular weight is 293 g/mol. The molecule has 1 aliphatic heterocycles. The highest BCUT2D eigenvalue weighted by Crippen LogP contribution is 2.32. The van der Waals surface area contributed by atoms with E-state index < -0.39 is 6.10 Å². The van der Waals surface area contributed by atoms with E-state index in [1.165, 1.54) is 19.3 Å². The second kappa shape index (κ2) is 7.14.